The monoisotopic (exact) mass is 263 g/mol. The fraction of sp³-hybridized carbons (Fsp3) is 0.846. The van der Waals surface area contributed by atoms with E-state index < -0.39 is 6.18 Å². The third-order valence-electron chi connectivity index (χ3n) is 3.55. The first-order valence-electron chi connectivity index (χ1n) is 6.34. The lowest BCUT2D eigenvalue weighted by molar-refractivity contribution is -0.107. The van der Waals surface area contributed by atoms with E-state index >= 15 is 0 Å². The van der Waals surface area contributed by atoms with Crippen LogP contribution in [0.15, 0.2) is 11.6 Å². The van der Waals surface area contributed by atoms with Crippen LogP contribution >= 0.6 is 0 Å². The van der Waals surface area contributed by atoms with E-state index in [0.717, 1.165) is 12.8 Å². The van der Waals surface area contributed by atoms with Crippen LogP contribution < -0.4 is 0 Å². The lowest BCUT2D eigenvalue weighted by atomic mass is 10.0. The normalized spacial score (nSPS) is 29.6. The van der Waals surface area contributed by atoms with Gasteiger partial charge in [0.1, 0.15) is 6.73 Å². The van der Waals surface area contributed by atoms with Crippen LogP contribution in [0.2, 0.25) is 0 Å². The quantitative estimate of drug-likeness (QED) is 0.707. The molecule has 1 saturated heterocycles. The second-order valence-electron chi connectivity index (χ2n) is 6.09. The molecule has 5 heteroatoms. The van der Waals surface area contributed by atoms with Gasteiger partial charge < -0.3 is 4.74 Å². The second-order valence-corrected chi connectivity index (χ2v) is 6.09. The van der Waals surface area contributed by atoms with Gasteiger partial charge in [-0.15, -0.1) is 0 Å². The van der Waals surface area contributed by atoms with E-state index in [1.807, 2.05) is 20.8 Å². The number of ether oxygens (including phenoxy) is 1. The maximum atomic E-state index is 12.7. The highest BCUT2D eigenvalue weighted by Gasteiger charge is 2.44. The largest absolute Gasteiger partial charge is 0.412 e. The van der Waals surface area contributed by atoms with Gasteiger partial charge in [-0.1, -0.05) is 6.08 Å². The Hall–Kier alpha value is -0.550. The van der Waals surface area contributed by atoms with Gasteiger partial charge in [0, 0.05) is 17.7 Å². The number of alkyl halides is 3. The first-order chi connectivity index (χ1) is 8.17. The SMILES string of the molecule is CC(C)(C)OCN1C2C=C(C(F)(F)F)CC1CC2. The van der Waals surface area contributed by atoms with Crippen molar-refractivity contribution < 1.29 is 17.9 Å². The highest BCUT2D eigenvalue weighted by atomic mass is 19.4. The number of nitrogens with zero attached hydrogens (tertiary/aromatic N) is 1. The van der Waals surface area contributed by atoms with Crippen molar-refractivity contribution in [2.45, 2.75) is 63.9 Å². The predicted octanol–water partition coefficient (Wildman–Crippen LogP) is 3.48. The molecule has 2 bridgehead atoms. The molecule has 0 N–H and O–H groups in total. The molecule has 0 saturated carbocycles. The molecule has 0 amide bonds. The van der Waals surface area contributed by atoms with E-state index in [2.05, 4.69) is 4.90 Å². The molecule has 104 valence electrons. The molecule has 0 aromatic rings. The van der Waals surface area contributed by atoms with Crippen molar-refractivity contribution in [3.63, 3.8) is 0 Å². The minimum atomic E-state index is -4.17. The molecule has 2 nitrogen and oxygen atoms in total. The van der Waals surface area contributed by atoms with E-state index in [-0.39, 0.29) is 29.7 Å². The number of rotatable bonds is 2. The van der Waals surface area contributed by atoms with E-state index in [4.69, 9.17) is 4.74 Å². The minimum absolute atomic E-state index is 0.0148. The molecule has 1 fully saturated rings. The number of halogens is 3. The van der Waals surface area contributed by atoms with Crippen molar-refractivity contribution in [2.75, 3.05) is 6.73 Å². The van der Waals surface area contributed by atoms with Crippen molar-refractivity contribution >= 4 is 0 Å². The zero-order chi connectivity index (χ0) is 13.6. The zero-order valence-corrected chi connectivity index (χ0v) is 11.0. The van der Waals surface area contributed by atoms with Crippen LogP contribution in [0, 0.1) is 0 Å². The summed E-state index contributed by atoms with van der Waals surface area (Å²) in [6.07, 6.45) is -1.05. The minimum Gasteiger partial charge on any atom is -0.360 e. The Bertz CT molecular complexity index is 343. The highest BCUT2D eigenvalue weighted by Crippen LogP contribution is 2.40. The van der Waals surface area contributed by atoms with Gasteiger partial charge in [-0.25, -0.2) is 0 Å². The molecule has 2 atom stereocenters. The Morgan fingerprint density at radius 3 is 2.44 bits per heavy atom. The van der Waals surface area contributed by atoms with Crippen molar-refractivity contribution in [2.24, 2.45) is 0 Å². The average Bonchev–Trinajstić information content (AvgIpc) is 2.43. The Labute approximate surface area is 106 Å². The van der Waals surface area contributed by atoms with Gasteiger partial charge in [-0.2, -0.15) is 13.2 Å². The number of fused-ring (bicyclic) bond motifs is 2. The first kappa shape index (κ1) is 13.9. The van der Waals surface area contributed by atoms with Crippen molar-refractivity contribution in [1.82, 2.24) is 4.90 Å². The third kappa shape index (κ3) is 3.06. The maximum Gasteiger partial charge on any atom is 0.412 e. The average molecular weight is 263 g/mol. The van der Waals surface area contributed by atoms with Crippen LogP contribution in [0.25, 0.3) is 0 Å². The highest BCUT2D eigenvalue weighted by molar-refractivity contribution is 5.21. The molecule has 0 aliphatic carbocycles. The summed E-state index contributed by atoms with van der Waals surface area (Å²) in [5.74, 6) is 0. The second kappa shape index (κ2) is 4.53. The fourth-order valence-electron chi connectivity index (χ4n) is 2.60. The van der Waals surface area contributed by atoms with E-state index in [1.165, 1.54) is 6.08 Å². The number of hydrogen-bond acceptors (Lipinski definition) is 2. The zero-order valence-electron chi connectivity index (χ0n) is 11.0. The summed E-state index contributed by atoms with van der Waals surface area (Å²) in [6, 6.07) is -0.123. The number of hydrogen-bond donors (Lipinski definition) is 0. The van der Waals surface area contributed by atoms with Gasteiger partial charge in [0.15, 0.2) is 0 Å². The lowest BCUT2D eigenvalue weighted by Gasteiger charge is -2.36. The molecule has 2 unspecified atom stereocenters. The molecule has 0 aromatic carbocycles. The molecular weight excluding hydrogens is 243 g/mol. The Balaban J connectivity index is 2.03. The molecule has 0 aromatic heterocycles. The summed E-state index contributed by atoms with van der Waals surface area (Å²) < 4.78 is 43.8. The topological polar surface area (TPSA) is 12.5 Å². The molecule has 0 radical (unpaired) electrons. The van der Waals surface area contributed by atoms with Crippen LogP contribution in [0.3, 0.4) is 0 Å². The lowest BCUT2D eigenvalue weighted by Crippen LogP contribution is -2.43. The van der Waals surface area contributed by atoms with Crippen molar-refractivity contribution in [3.05, 3.63) is 11.6 Å². The van der Waals surface area contributed by atoms with E-state index in [1.54, 1.807) is 0 Å². The van der Waals surface area contributed by atoms with E-state index in [9.17, 15) is 13.2 Å². The molecule has 2 aliphatic heterocycles. The van der Waals surface area contributed by atoms with Crippen LogP contribution in [-0.4, -0.2) is 35.5 Å². The van der Waals surface area contributed by atoms with Crippen LogP contribution in [0.5, 0.6) is 0 Å². The summed E-state index contributed by atoms with van der Waals surface area (Å²) in [6.45, 7) is 6.28. The first-order valence-corrected chi connectivity index (χ1v) is 6.34. The van der Waals surface area contributed by atoms with Gasteiger partial charge in [-0.05, 0) is 40.0 Å². The molecular formula is C13H20F3NO. The Kier molecular flexibility index (Phi) is 3.49. The Morgan fingerprint density at radius 1 is 1.28 bits per heavy atom. The summed E-state index contributed by atoms with van der Waals surface area (Å²) in [5, 5.41) is 0. The molecule has 2 aliphatic rings. The maximum absolute atomic E-state index is 12.7. The molecule has 2 rings (SSSR count). The summed E-state index contributed by atoms with van der Waals surface area (Å²) >= 11 is 0. The Morgan fingerprint density at radius 2 is 1.94 bits per heavy atom. The van der Waals surface area contributed by atoms with Crippen molar-refractivity contribution in [3.8, 4) is 0 Å². The van der Waals surface area contributed by atoms with Crippen LogP contribution in [0.1, 0.15) is 40.0 Å². The van der Waals surface area contributed by atoms with E-state index in [0.29, 0.717) is 6.73 Å². The van der Waals surface area contributed by atoms with Gasteiger partial charge >= 0.3 is 6.18 Å². The third-order valence-corrected chi connectivity index (χ3v) is 3.55. The standard InChI is InChI=1S/C13H20F3NO/c1-12(2,3)18-8-17-10-4-5-11(17)7-9(6-10)13(14,15)16/h6,10-11H,4-5,7-8H2,1-3H3. The van der Waals surface area contributed by atoms with Gasteiger partial charge in [-0.3, -0.25) is 4.90 Å². The summed E-state index contributed by atoms with van der Waals surface area (Å²) in [4.78, 5) is 2.06. The summed E-state index contributed by atoms with van der Waals surface area (Å²) in [5.41, 5.74) is -0.616. The van der Waals surface area contributed by atoms with Gasteiger partial charge in [0.2, 0.25) is 0 Å². The van der Waals surface area contributed by atoms with Crippen LogP contribution in [0.4, 0.5) is 13.2 Å². The van der Waals surface area contributed by atoms with Gasteiger partial charge in [0.05, 0.1) is 5.60 Å². The fourth-order valence-corrected chi connectivity index (χ4v) is 2.60. The van der Waals surface area contributed by atoms with Crippen LogP contribution in [-0.2, 0) is 4.74 Å². The smallest absolute Gasteiger partial charge is 0.360 e. The van der Waals surface area contributed by atoms with Crippen molar-refractivity contribution in [1.29, 1.82) is 0 Å². The van der Waals surface area contributed by atoms with Gasteiger partial charge in [0.25, 0.3) is 0 Å². The molecule has 0 spiro atoms. The molecule has 18 heavy (non-hydrogen) atoms. The molecule has 2 heterocycles. The predicted molar refractivity (Wildman–Crippen MR) is 63.1 cm³/mol. The summed E-state index contributed by atoms with van der Waals surface area (Å²) in [7, 11) is 0.